The lowest BCUT2D eigenvalue weighted by Crippen LogP contribution is -2.62. The van der Waals surface area contributed by atoms with Gasteiger partial charge in [-0.1, -0.05) is 0 Å². The number of rotatable bonds is 9. The number of alkyl halides is 4. The quantitative estimate of drug-likeness (QED) is 0.347. The largest absolute Gasteiger partial charge is 0.342 e. The van der Waals surface area contributed by atoms with Gasteiger partial charge in [0.05, 0.1) is 24.1 Å². The molecule has 13 heteroatoms. The standard InChI is InChI=1S/C26H34F4N8O/c1-16(2)38-20(5-8-33-38)23(39)36-22(18-3-6-25(27,28)7-4-18)19-12-37-21(35-19)9-17(11-34-37)10-32-15-24(31)13-26(29,30)14-24/h5,8-9,11-12,16,18,22,32H,3-4,6-7,10,13-15,31H2,1-2H3,(H,36,39). The summed E-state index contributed by atoms with van der Waals surface area (Å²) in [5.74, 6) is -5.98. The second-order valence-corrected chi connectivity index (χ2v) is 11.4. The van der Waals surface area contributed by atoms with Crippen molar-refractivity contribution in [1.29, 1.82) is 0 Å². The number of hydrogen-bond acceptors (Lipinski definition) is 6. The Morgan fingerprint density at radius 1 is 1.15 bits per heavy atom. The van der Waals surface area contributed by atoms with Gasteiger partial charge in [-0.2, -0.15) is 10.2 Å². The van der Waals surface area contributed by atoms with Crippen LogP contribution < -0.4 is 16.4 Å². The van der Waals surface area contributed by atoms with Crippen molar-refractivity contribution in [2.75, 3.05) is 6.54 Å². The molecule has 0 saturated heterocycles. The summed E-state index contributed by atoms with van der Waals surface area (Å²) in [6.45, 7) is 4.45. The Labute approximate surface area is 223 Å². The summed E-state index contributed by atoms with van der Waals surface area (Å²) in [6, 6.07) is 2.81. The number of hydrogen-bond donors (Lipinski definition) is 3. The zero-order chi connectivity index (χ0) is 28.0. The van der Waals surface area contributed by atoms with Crippen molar-refractivity contribution in [3.63, 3.8) is 0 Å². The van der Waals surface area contributed by atoms with Crippen molar-refractivity contribution in [2.24, 2.45) is 11.7 Å². The van der Waals surface area contributed by atoms with E-state index < -0.39 is 23.4 Å². The van der Waals surface area contributed by atoms with Crippen molar-refractivity contribution in [3.05, 3.63) is 47.7 Å². The number of halogens is 4. The molecule has 2 aliphatic carbocycles. The molecule has 2 fully saturated rings. The summed E-state index contributed by atoms with van der Waals surface area (Å²) in [5, 5.41) is 14.8. The van der Waals surface area contributed by atoms with Crippen LogP contribution >= 0.6 is 0 Å². The van der Waals surface area contributed by atoms with Crippen LogP contribution in [-0.4, -0.2) is 54.2 Å². The van der Waals surface area contributed by atoms with E-state index in [0.717, 1.165) is 5.56 Å². The highest BCUT2D eigenvalue weighted by atomic mass is 19.3. The molecule has 2 aliphatic rings. The van der Waals surface area contributed by atoms with Crippen molar-refractivity contribution in [3.8, 4) is 0 Å². The van der Waals surface area contributed by atoms with Gasteiger partial charge in [-0.05, 0) is 50.3 Å². The number of amides is 1. The van der Waals surface area contributed by atoms with E-state index in [1.54, 1.807) is 33.9 Å². The van der Waals surface area contributed by atoms with Gasteiger partial charge < -0.3 is 16.4 Å². The van der Waals surface area contributed by atoms with Crippen molar-refractivity contribution < 1.29 is 22.4 Å². The molecule has 2 saturated carbocycles. The maximum absolute atomic E-state index is 13.9. The number of aromatic nitrogens is 5. The van der Waals surface area contributed by atoms with Gasteiger partial charge in [0.15, 0.2) is 5.65 Å². The monoisotopic (exact) mass is 550 g/mol. The first kappa shape index (κ1) is 27.5. The van der Waals surface area contributed by atoms with Gasteiger partial charge in [-0.3, -0.25) is 9.48 Å². The van der Waals surface area contributed by atoms with E-state index in [4.69, 9.17) is 10.7 Å². The summed E-state index contributed by atoms with van der Waals surface area (Å²) in [6.07, 6.45) is 4.22. The fraction of sp³-hybridized carbons (Fsp3) is 0.615. The molecule has 39 heavy (non-hydrogen) atoms. The summed E-state index contributed by atoms with van der Waals surface area (Å²) in [5.41, 5.74) is 7.30. The highest BCUT2D eigenvalue weighted by Crippen LogP contribution is 2.44. The van der Waals surface area contributed by atoms with Crippen LogP contribution in [0.25, 0.3) is 5.65 Å². The van der Waals surface area contributed by atoms with Gasteiger partial charge in [-0.15, -0.1) is 0 Å². The molecule has 4 N–H and O–H groups in total. The summed E-state index contributed by atoms with van der Waals surface area (Å²) < 4.78 is 57.5. The Hall–Kier alpha value is -3.06. The average molecular weight is 551 g/mol. The molecule has 1 atom stereocenters. The van der Waals surface area contributed by atoms with E-state index in [2.05, 4.69) is 20.8 Å². The van der Waals surface area contributed by atoms with Gasteiger partial charge in [0.1, 0.15) is 5.69 Å². The van der Waals surface area contributed by atoms with Crippen LogP contribution in [0.2, 0.25) is 0 Å². The van der Waals surface area contributed by atoms with Gasteiger partial charge in [0.25, 0.3) is 11.8 Å². The van der Waals surface area contributed by atoms with Crippen molar-refractivity contribution in [1.82, 2.24) is 35.0 Å². The van der Waals surface area contributed by atoms with Crippen LogP contribution in [0.4, 0.5) is 17.6 Å². The number of nitrogens with two attached hydrogens (primary N) is 1. The van der Waals surface area contributed by atoms with E-state index in [0.29, 0.717) is 23.6 Å². The zero-order valence-corrected chi connectivity index (χ0v) is 22.0. The van der Waals surface area contributed by atoms with E-state index in [1.807, 2.05) is 19.9 Å². The highest BCUT2D eigenvalue weighted by molar-refractivity contribution is 5.92. The minimum Gasteiger partial charge on any atom is -0.342 e. The number of nitrogens with zero attached hydrogens (tertiary/aromatic N) is 5. The Morgan fingerprint density at radius 2 is 1.87 bits per heavy atom. The lowest BCUT2D eigenvalue weighted by atomic mass is 9.74. The second-order valence-electron chi connectivity index (χ2n) is 11.4. The van der Waals surface area contributed by atoms with Crippen LogP contribution in [0.1, 0.15) is 86.2 Å². The number of carbonyl (C=O) groups is 1. The molecule has 0 spiro atoms. The first-order chi connectivity index (χ1) is 18.3. The summed E-state index contributed by atoms with van der Waals surface area (Å²) in [7, 11) is 0. The Balaban J connectivity index is 1.34. The third-order valence-corrected chi connectivity index (χ3v) is 7.65. The fourth-order valence-corrected chi connectivity index (χ4v) is 5.69. The van der Waals surface area contributed by atoms with Crippen LogP contribution in [0, 0.1) is 5.92 Å². The third-order valence-electron chi connectivity index (χ3n) is 7.65. The molecule has 0 aromatic carbocycles. The zero-order valence-electron chi connectivity index (χ0n) is 22.0. The minimum atomic E-state index is -2.71. The van der Waals surface area contributed by atoms with Gasteiger partial charge in [-0.25, -0.2) is 27.1 Å². The van der Waals surface area contributed by atoms with E-state index in [1.165, 1.54) is 0 Å². The molecule has 0 radical (unpaired) electrons. The maximum atomic E-state index is 13.9. The van der Waals surface area contributed by atoms with E-state index in [9.17, 15) is 22.4 Å². The Kier molecular flexibility index (Phi) is 7.17. The summed E-state index contributed by atoms with van der Waals surface area (Å²) in [4.78, 5) is 18.0. The highest BCUT2D eigenvalue weighted by Gasteiger charge is 2.53. The van der Waals surface area contributed by atoms with Crippen LogP contribution in [0.5, 0.6) is 0 Å². The van der Waals surface area contributed by atoms with Crippen molar-refractivity contribution >= 4 is 11.6 Å². The molecule has 3 aromatic rings. The number of imidazole rings is 1. The molecule has 1 unspecified atom stereocenters. The van der Waals surface area contributed by atoms with Crippen molar-refractivity contribution in [2.45, 2.75) is 88.4 Å². The van der Waals surface area contributed by atoms with E-state index in [-0.39, 0.29) is 62.9 Å². The normalized spacial score (nSPS) is 21.1. The molecule has 212 valence electrons. The second kappa shape index (κ2) is 10.2. The minimum absolute atomic E-state index is 0.0334. The molecule has 9 nitrogen and oxygen atoms in total. The Morgan fingerprint density at radius 3 is 2.54 bits per heavy atom. The lowest BCUT2D eigenvalue weighted by Gasteiger charge is -2.44. The topological polar surface area (TPSA) is 115 Å². The third kappa shape index (κ3) is 6.08. The van der Waals surface area contributed by atoms with Crippen LogP contribution in [-0.2, 0) is 6.54 Å². The molecule has 5 rings (SSSR count). The maximum Gasteiger partial charge on any atom is 0.270 e. The molecule has 0 aliphatic heterocycles. The van der Waals surface area contributed by atoms with E-state index >= 15 is 0 Å². The predicted molar refractivity (Wildman–Crippen MR) is 136 cm³/mol. The first-order valence-corrected chi connectivity index (χ1v) is 13.3. The average Bonchev–Trinajstić information content (AvgIpc) is 3.48. The number of fused-ring (bicyclic) bond motifs is 1. The predicted octanol–water partition coefficient (Wildman–Crippen LogP) is 4.02. The first-order valence-electron chi connectivity index (χ1n) is 13.3. The van der Waals surface area contributed by atoms with Gasteiger partial charge in [0.2, 0.25) is 5.92 Å². The summed E-state index contributed by atoms with van der Waals surface area (Å²) >= 11 is 0. The Bertz CT molecular complexity index is 1320. The molecule has 3 heterocycles. The van der Waals surface area contributed by atoms with Crippen LogP contribution in [0.15, 0.2) is 30.7 Å². The van der Waals surface area contributed by atoms with Gasteiger partial charge in [0, 0.05) is 56.6 Å². The number of nitrogens with one attached hydrogen (secondary N) is 2. The lowest BCUT2D eigenvalue weighted by molar-refractivity contribution is -0.120. The van der Waals surface area contributed by atoms with Crippen LogP contribution in [0.3, 0.4) is 0 Å². The molecular formula is C26H34F4N8O. The smallest absolute Gasteiger partial charge is 0.270 e. The number of carbonyl (C=O) groups excluding carboxylic acids is 1. The molecular weight excluding hydrogens is 516 g/mol. The SMILES string of the molecule is CC(C)n1nccc1C(=O)NC(c1cn2ncc(CNCC3(N)CC(F)(F)C3)cc2n1)C1CCC(F)(F)CC1. The van der Waals surface area contributed by atoms with Gasteiger partial charge >= 0.3 is 0 Å². The molecule has 1 amide bonds. The molecule has 0 bridgehead atoms. The molecule has 3 aromatic heterocycles. The fourth-order valence-electron chi connectivity index (χ4n) is 5.69.